The fraction of sp³-hybridized carbons (Fsp3) is 0.944. The zero-order valence-electron chi connectivity index (χ0n) is 13.9. The van der Waals surface area contributed by atoms with Crippen LogP contribution in [0, 0.1) is 11.3 Å². The summed E-state index contributed by atoms with van der Waals surface area (Å²) < 4.78 is 0. The Balaban J connectivity index is 1.96. The van der Waals surface area contributed by atoms with Crippen LogP contribution >= 0.6 is 0 Å². The molecule has 0 amide bonds. The molecule has 1 N–H and O–H groups in total. The lowest BCUT2D eigenvalue weighted by Crippen LogP contribution is -2.51. The summed E-state index contributed by atoms with van der Waals surface area (Å²) in [7, 11) is 0. The van der Waals surface area contributed by atoms with Crippen LogP contribution in [0.1, 0.15) is 78.1 Å². The summed E-state index contributed by atoms with van der Waals surface area (Å²) in [5, 5.41) is 9.65. The van der Waals surface area contributed by atoms with E-state index in [9.17, 15) is 9.90 Å². The van der Waals surface area contributed by atoms with Crippen molar-refractivity contribution < 1.29 is 9.90 Å². The molecule has 1 heterocycles. The number of carboxylic acids is 1. The zero-order chi connectivity index (χ0) is 15.3. The van der Waals surface area contributed by atoms with Gasteiger partial charge in [0.05, 0.1) is 5.41 Å². The predicted molar refractivity (Wildman–Crippen MR) is 86.4 cm³/mol. The van der Waals surface area contributed by atoms with Crippen molar-refractivity contribution in [2.75, 3.05) is 13.1 Å². The third kappa shape index (κ3) is 4.00. The summed E-state index contributed by atoms with van der Waals surface area (Å²) in [5.41, 5.74) is -0.479. The van der Waals surface area contributed by atoms with Crippen LogP contribution in [0.15, 0.2) is 0 Å². The van der Waals surface area contributed by atoms with Crippen molar-refractivity contribution in [2.24, 2.45) is 11.3 Å². The van der Waals surface area contributed by atoms with E-state index in [1.807, 2.05) is 6.92 Å². The minimum atomic E-state index is -0.577. The van der Waals surface area contributed by atoms with Gasteiger partial charge in [-0.25, -0.2) is 0 Å². The van der Waals surface area contributed by atoms with Crippen molar-refractivity contribution in [3.8, 4) is 0 Å². The largest absolute Gasteiger partial charge is 0.481 e. The molecule has 3 atom stereocenters. The highest BCUT2D eigenvalue weighted by molar-refractivity contribution is 5.75. The van der Waals surface area contributed by atoms with Crippen molar-refractivity contribution in [2.45, 2.75) is 84.1 Å². The molecule has 1 aliphatic heterocycles. The molecule has 2 fully saturated rings. The lowest BCUT2D eigenvalue weighted by molar-refractivity contribution is -0.153. The second kappa shape index (κ2) is 7.62. The molecule has 3 nitrogen and oxygen atoms in total. The van der Waals surface area contributed by atoms with E-state index >= 15 is 0 Å². The smallest absolute Gasteiger partial charge is 0.310 e. The molecule has 0 aromatic rings. The molecule has 2 aliphatic rings. The summed E-state index contributed by atoms with van der Waals surface area (Å²) in [6.07, 6.45) is 12.0. The minimum absolute atomic E-state index is 0.479. The van der Waals surface area contributed by atoms with Crippen molar-refractivity contribution in [3.63, 3.8) is 0 Å². The number of hydrogen-bond acceptors (Lipinski definition) is 2. The quantitative estimate of drug-likeness (QED) is 0.768. The lowest BCUT2D eigenvalue weighted by Gasteiger charge is -2.43. The Labute approximate surface area is 130 Å². The van der Waals surface area contributed by atoms with Gasteiger partial charge >= 0.3 is 5.97 Å². The predicted octanol–water partition coefficient (Wildman–Crippen LogP) is 4.31. The van der Waals surface area contributed by atoms with Crippen LogP contribution in [-0.2, 0) is 4.79 Å². The lowest BCUT2D eigenvalue weighted by atomic mass is 9.77. The molecule has 3 unspecified atom stereocenters. The molecule has 3 heteroatoms. The topological polar surface area (TPSA) is 40.5 Å². The van der Waals surface area contributed by atoms with Gasteiger partial charge < -0.3 is 5.11 Å². The first-order valence-corrected chi connectivity index (χ1v) is 9.08. The van der Waals surface area contributed by atoms with E-state index in [2.05, 4.69) is 11.8 Å². The number of rotatable bonds is 5. The minimum Gasteiger partial charge on any atom is -0.481 e. The highest BCUT2D eigenvalue weighted by Crippen LogP contribution is 2.37. The molecule has 0 radical (unpaired) electrons. The number of carbonyl (C=O) groups is 1. The normalized spacial score (nSPS) is 35.3. The van der Waals surface area contributed by atoms with Crippen LogP contribution in [-0.4, -0.2) is 35.1 Å². The number of aliphatic carboxylic acids is 1. The van der Waals surface area contributed by atoms with E-state index < -0.39 is 11.4 Å². The summed E-state index contributed by atoms with van der Waals surface area (Å²) in [6, 6.07) is 0.637. The van der Waals surface area contributed by atoms with Gasteiger partial charge in [0, 0.05) is 12.6 Å². The Bertz CT molecular complexity index is 344. The van der Waals surface area contributed by atoms with Crippen LogP contribution in [0.3, 0.4) is 0 Å². The number of hydrogen-bond donors (Lipinski definition) is 1. The first-order chi connectivity index (χ1) is 10.1. The Morgan fingerprint density at radius 1 is 1.19 bits per heavy atom. The SMILES string of the molecule is CCCC1CCCC(N2CCCC(CC)(C(=O)O)C2)CC1. The molecule has 0 bridgehead atoms. The van der Waals surface area contributed by atoms with Crippen LogP contribution in [0.25, 0.3) is 0 Å². The van der Waals surface area contributed by atoms with E-state index in [1.54, 1.807) is 0 Å². The van der Waals surface area contributed by atoms with Gasteiger partial charge in [-0.15, -0.1) is 0 Å². The molecule has 1 saturated heterocycles. The third-order valence-electron chi connectivity index (χ3n) is 6.01. The second-order valence-corrected chi connectivity index (χ2v) is 7.33. The van der Waals surface area contributed by atoms with Gasteiger partial charge in [0.1, 0.15) is 0 Å². The molecule has 1 saturated carbocycles. The Morgan fingerprint density at radius 3 is 2.67 bits per heavy atom. The van der Waals surface area contributed by atoms with Gasteiger partial charge in [0.2, 0.25) is 0 Å². The molecule has 122 valence electrons. The Morgan fingerprint density at radius 2 is 2.00 bits per heavy atom. The van der Waals surface area contributed by atoms with E-state index in [0.29, 0.717) is 6.04 Å². The Hall–Kier alpha value is -0.570. The molecular formula is C18H33NO2. The summed E-state index contributed by atoms with van der Waals surface area (Å²) >= 11 is 0. The van der Waals surface area contributed by atoms with E-state index in [1.165, 1.54) is 44.9 Å². The zero-order valence-corrected chi connectivity index (χ0v) is 13.9. The van der Waals surface area contributed by atoms with Gasteiger partial charge in [-0.1, -0.05) is 39.5 Å². The van der Waals surface area contributed by atoms with Crippen LogP contribution in [0.4, 0.5) is 0 Å². The Kier molecular flexibility index (Phi) is 6.09. The maximum Gasteiger partial charge on any atom is 0.310 e. The third-order valence-corrected chi connectivity index (χ3v) is 6.01. The average molecular weight is 295 g/mol. The number of carboxylic acid groups (broad SMARTS) is 1. The number of likely N-dealkylation sites (tertiary alicyclic amines) is 1. The van der Waals surface area contributed by atoms with Crippen molar-refractivity contribution in [1.29, 1.82) is 0 Å². The molecule has 2 rings (SSSR count). The first kappa shape index (κ1) is 16.8. The number of nitrogens with zero attached hydrogens (tertiary/aromatic N) is 1. The van der Waals surface area contributed by atoms with Gasteiger partial charge in [0.25, 0.3) is 0 Å². The fourth-order valence-corrected chi connectivity index (χ4v) is 4.51. The molecular weight excluding hydrogens is 262 g/mol. The van der Waals surface area contributed by atoms with E-state index in [-0.39, 0.29) is 0 Å². The highest BCUT2D eigenvalue weighted by Gasteiger charge is 2.42. The van der Waals surface area contributed by atoms with E-state index in [0.717, 1.165) is 38.3 Å². The van der Waals surface area contributed by atoms with Crippen LogP contribution in [0.2, 0.25) is 0 Å². The van der Waals surface area contributed by atoms with Crippen molar-refractivity contribution >= 4 is 5.97 Å². The van der Waals surface area contributed by atoms with Crippen molar-refractivity contribution in [3.05, 3.63) is 0 Å². The first-order valence-electron chi connectivity index (χ1n) is 9.08. The molecule has 21 heavy (non-hydrogen) atoms. The van der Waals surface area contributed by atoms with Crippen molar-refractivity contribution in [1.82, 2.24) is 4.90 Å². The average Bonchev–Trinajstić information content (AvgIpc) is 2.73. The summed E-state index contributed by atoms with van der Waals surface area (Å²) in [4.78, 5) is 14.2. The maximum atomic E-state index is 11.7. The van der Waals surface area contributed by atoms with Gasteiger partial charge in [-0.05, 0) is 51.0 Å². The summed E-state index contributed by atoms with van der Waals surface area (Å²) in [6.45, 7) is 6.22. The van der Waals surface area contributed by atoms with Gasteiger partial charge in [-0.3, -0.25) is 9.69 Å². The van der Waals surface area contributed by atoms with Crippen LogP contribution < -0.4 is 0 Å². The number of piperidine rings is 1. The molecule has 0 spiro atoms. The van der Waals surface area contributed by atoms with Crippen LogP contribution in [0.5, 0.6) is 0 Å². The fourth-order valence-electron chi connectivity index (χ4n) is 4.51. The monoisotopic (exact) mass is 295 g/mol. The molecule has 0 aromatic heterocycles. The van der Waals surface area contributed by atoms with Gasteiger partial charge in [-0.2, -0.15) is 0 Å². The standard InChI is InChI=1S/C18H33NO2/c1-3-7-15-8-5-9-16(11-10-15)19-13-6-12-18(4-2,14-19)17(20)21/h15-16H,3-14H2,1-2H3,(H,20,21). The summed E-state index contributed by atoms with van der Waals surface area (Å²) in [5.74, 6) is 0.340. The maximum absolute atomic E-state index is 11.7. The highest BCUT2D eigenvalue weighted by atomic mass is 16.4. The second-order valence-electron chi connectivity index (χ2n) is 7.33. The molecule has 1 aliphatic carbocycles. The molecule has 0 aromatic carbocycles. The van der Waals surface area contributed by atoms with Gasteiger partial charge in [0.15, 0.2) is 0 Å². The van der Waals surface area contributed by atoms with E-state index in [4.69, 9.17) is 0 Å².